The average Bonchev–Trinajstić information content (AvgIpc) is 2.72. The maximum atomic E-state index is 10.9. The number of aromatic hydroxyl groups is 2. The number of aliphatic carboxylic acids is 1. The predicted octanol–water partition coefficient (Wildman–Crippen LogP) is 5.26. The van der Waals surface area contributed by atoms with Crippen molar-refractivity contribution >= 4 is 35.0 Å². The topological polar surface area (TPSA) is 77.8 Å². The van der Waals surface area contributed by atoms with Crippen LogP contribution in [0.1, 0.15) is 22.3 Å². The average molecular weight is 402 g/mol. The van der Waals surface area contributed by atoms with Gasteiger partial charge in [-0.1, -0.05) is 30.3 Å². The molecule has 1 heterocycles. The molecule has 0 saturated heterocycles. The minimum absolute atomic E-state index is 0.213. The summed E-state index contributed by atoms with van der Waals surface area (Å²) in [4.78, 5) is 11.9. The Morgan fingerprint density at radius 3 is 2.41 bits per heavy atom. The minimum atomic E-state index is -0.991. The summed E-state index contributed by atoms with van der Waals surface area (Å²) in [6.45, 7) is 0. The van der Waals surface area contributed by atoms with Crippen LogP contribution in [0.15, 0.2) is 77.7 Å². The zero-order valence-electron chi connectivity index (χ0n) is 15.4. The van der Waals surface area contributed by atoms with E-state index in [1.54, 1.807) is 42.1 Å². The van der Waals surface area contributed by atoms with Crippen LogP contribution >= 0.6 is 11.8 Å². The van der Waals surface area contributed by atoms with Crippen molar-refractivity contribution in [1.29, 1.82) is 0 Å². The van der Waals surface area contributed by atoms with E-state index < -0.39 is 5.97 Å². The Hall–Kier alpha value is -3.44. The molecule has 0 bridgehead atoms. The first-order valence-electron chi connectivity index (χ1n) is 9.01. The largest absolute Gasteiger partial charge is 0.508 e. The predicted molar refractivity (Wildman–Crippen MR) is 116 cm³/mol. The number of benzene rings is 3. The molecule has 29 heavy (non-hydrogen) atoms. The number of hydrogen-bond donors (Lipinski definition) is 3. The molecule has 0 spiro atoms. The van der Waals surface area contributed by atoms with Crippen molar-refractivity contribution in [1.82, 2.24) is 0 Å². The summed E-state index contributed by atoms with van der Waals surface area (Å²) in [5.74, 6) is 0.160. The molecule has 0 aromatic heterocycles. The van der Waals surface area contributed by atoms with Gasteiger partial charge < -0.3 is 15.3 Å². The van der Waals surface area contributed by atoms with Crippen LogP contribution in [0, 0.1) is 0 Å². The summed E-state index contributed by atoms with van der Waals surface area (Å²) >= 11 is 1.65. The number of carbonyl (C=O) groups is 1. The summed E-state index contributed by atoms with van der Waals surface area (Å²) in [5.41, 5.74) is 5.94. The lowest BCUT2D eigenvalue weighted by molar-refractivity contribution is -0.131. The first kappa shape index (κ1) is 18.9. The third kappa shape index (κ3) is 4.05. The number of hydrogen-bond acceptors (Lipinski definition) is 4. The second kappa shape index (κ2) is 7.89. The highest BCUT2D eigenvalue weighted by molar-refractivity contribution is 7.99. The van der Waals surface area contributed by atoms with Crippen LogP contribution in [-0.4, -0.2) is 27.0 Å². The van der Waals surface area contributed by atoms with E-state index in [4.69, 9.17) is 5.11 Å². The Morgan fingerprint density at radius 1 is 0.897 bits per heavy atom. The van der Waals surface area contributed by atoms with Crippen LogP contribution in [0.4, 0.5) is 0 Å². The van der Waals surface area contributed by atoms with Crippen LogP contribution in [0.5, 0.6) is 11.5 Å². The molecule has 0 aliphatic carbocycles. The Balaban J connectivity index is 1.92. The lowest BCUT2D eigenvalue weighted by Gasteiger charge is -2.24. The van der Waals surface area contributed by atoms with Crippen LogP contribution in [0.2, 0.25) is 0 Å². The van der Waals surface area contributed by atoms with Gasteiger partial charge in [-0.15, -0.1) is 11.8 Å². The highest BCUT2D eigenvalue weighted by Crippen LogP contribution is 2.45. The van der Waals surface area contributed by atoms with E-state index in [2.05, 4.69) is 0 Å². The maximum Gasteiger partial charge on any atom is 0.328 e. The molecule has 3 aromatic carbocycles. The smallest absolute Gasteiger partial charge is 0.328 e. The van der Waals surface area contributed by atoms with Gasteiger partial charge >= 0.3 is 5.97 Å². The minimum Gasteiger partial charge on any atom is -0.508 e. The molecule has 0 unspecified atom stereocenters. The molecular weight excluding hydrogens is 384 g/mol. The summed E-state index contributed by atoms with van der Waals surface area (Å²) in [5, 5.41) is 28.5. The lowest BCUT2D eigenvalue weighted by atomic mass is 9.89. The van der Waals surface area contributed by atoms with Crippen LogP contribution < -0.4 is 0 Å². The standard InChI is InChI=1S/C24H18O4S/c25-18-7-5-16(6-8-18)21-14-29-22-13-19(26)9-10-20(22)24(21)17-3-1-2-15(12-17)4-11-23(27)28/h1-13,25-26H,14H2,(H,27,28)/b11-4+. The van der Waals surface area contributed by atoms with E-state index in [-0.39, 0.29) is 11.5 Å². The van der Waals surface area contributed by atoms with E-state index >= 15 is 0 Å². The fourth-order valence-corrected chi connectivity index (χ4v) is 4.55. The van der Waals surface area contributed by atoms with Gasteiger partial charge in [-0.3, -0.25) is 0 Å². The quantitative estimate of drug-likeness (QED) is 0.519. The fraction of sp³-hybridized carbons (Fsp3) is 0.0417. The molecule has 4 rings (SSSR count). The monoisotopic (exact) mass is 402 g/mol. The van der Waals surface area contributed by atoms with Gasteiger partial charge in [-0.2, -0.15) is 0 Å². The Bertz CT molecular complexity index is 1140. The van der Waals surface area contributed by atoms with Gasteiger partial charge in [0, 0.05) is 16.7 Å². The van der Waals surface area contributed by atoms with Crippen molar-refractivity contribution < 1.29 is 20.1 Å². The second-order valence-electron chi connectivity index (χ2n) is 6.67. The summed E-state index contributed by atoms with van der Waals surface area (Å²) in [6.07, 6.45) is 2.69. The summed E-state index contributed by atoms with van der Waals surface area (Å²) in [7, 11) is 0. The summed E-state index contributed by atoms with van der Waals surface area (Å²) in [6, 6.07) is 20.2. The Morgan fingerprint density at radius 2 is 1.66 bits per heavy atom. The molecule has 0 saturated carbocycles. The molecule has 3 aromatic rings. The van der Waals surface area contributed by atoms with Crippen molar-refractivity contribution in [2.24, 2.45) is 0 Å². The Kier molecular flexibility index (Phi) is 5.14. The molecule has 0 amide bonds. The zero-order chi connectivity index (χ0) is 20.4. The highest BCUT2D eigenvalue weighted by atomic mass is 32.2. The second-order valence-corrected chi connectivity index (χ2v) is 7.68. The molecule has 1 aliphatic heterocycles. The number of carboxylic acid groups (broad SMARTS) is 1. The molecular formula is C24H18O4S. The first-order chi connectivity index (χ1) is 14.0. The van der Waals surface area contributed by atoms with E-state index in [0.29, 0.717) is 5.75 Å². The van der Waals surface area contributed by atoms with E-state index in [0.717, 1.165) is 44.4 Å². The van der Waals surface area contributed by atoms with Gasteiger partial charge in [0.2, 0.25) is 0 Å². The SMILES string of the molecule is O=C(O)/C=C/c1cccc(C2=C(c3ccc(O)cc3)CSc3cc(O)ccc32)c1. The van der Waals surface area contributed by atoms with E-state index in [9.17, 15) is 15.0 Å². The van der Waals surface area contributed by atoms with Gasteiger partial charge in [-0.25, -0.2) is 4.79 Å². The van der Waals surface area contributed by atoms with Crippen molar-refractivity contribution in [3.63, 3.8) is 0 Å². The van der Waals surface area contributed by atoms with Crippen LogP contribution in [-0.2, 0) is 4.79 Å². The molecule has 144 valence electrons. The summed E-state index contributed by atoms with van der Waals surface area (Å²) < 4.78 is 0. The molecule has 0 radical (unpaired) electrons. The number of rotatable bonds is 4. The third-order valence-electron chi connectivity index (χ3n) is 4.72. The number of fused-ring (bicyclic) bond motifs is 1. The molecule has 4 nitrogen and oxygen atoms in total. The van der Waals surface area contributed by atoms with E-state index in [1.807, 2.05) is 42.5 Å². The number of thioether (sulfide) groups is 1. The van der Waals surface area contributed by atoms with Gasteiger partial charge in [0.1, 0.15) is 11.5 Å². The van der Waals surface area contributed by atoms with Crippen LogP contribution in [0.25, 0.3) is 17.2 Å². The third-order valence-corrected chi connectivity index (χ3v) is 5.80. The maximum absolute atomic E-state index is 10.9. The van der Waals surface area contributed by atoms with Gasteiger partial charge in [0.05, 0.1) is 0 Å². The van der Waals surface area contributed by atoms with Crippen molar-refractivity contribution in [2.75, 3.05) is 5.75 Å². The highest BCUT2D eigenvalue weighted by Gasteiger charge is 2.22. The molecule has 1 aliphatic rings. The van der Waals surface area contributed by atoms with Crippen LogP contribution in [0.3, 0.4) is 0 Å². The Labute approximate surface area is 172 Å². The molecule has 0 atom stereocenters. The molecule has 3 N–H and O–H groups in total. The van der Waals surface area contributed by atoms with Crippen molar-refractivity contribution in [3.05, 3.63) is 95.1 Å². The van der Waals surface area contributed by atoms with Crippen molar-refractivity contribution in [3.8, 4) is 11.5 Å². The molecule has 5 heteroatoms. The first-order valence-corrected chi connectivity index (χ1v) is 10.00. The molecule has 0 fully saturated rings. The van der Waals surface area contributed by atoms with E-state index in [1.165, 1.54) is 0 Å². The lowest BCUT2D eigenvalue weighted by Crippen LogP contribution is -2.04. The van der Waals surface area contributed by atoms with Gasteiger partial charge in [0.15, 0.2) is 0 Å². The zero-order valence-corrected chi connectivity index (χ0v) is 16.2. The normalized spacial score (nSPS) is 13.5. The fourth-order valence-electron chi connectivity index (χ4n) is 3.41. The van der Waals surface area contributed by atoms with Gasteiger partial charge in [-0.05, 0) is 75.9 Å². The van der Waals surface area contributed by atoms with Crippen molar-refractivity contribution in [2.45, 2.75) is 4.90 Å². The van der Waals surface area contributed by atoms with Gasteiger partial charge in [0.25, 0.3) is 0 Å². The number of phenols is 2. The number of carboxylic acids is 1. The number of phenolic OH excluding ortho intramolecular Hbond substituents is 2.